The maximum atomic E-state index is 11.2. The molecule has 0 radical (unpaired) electrons. The van der Waals surface area contributed by atoms with Crippen molar-refractivity contribution in [2.24, 2.45) is 0 Å². The van der Waals surface area contributed by atoms with E-state index >= 15 is 0 Å². The highest BCUT2D eigenvalue weighted by atomic mass is 16.1. The monoisotopic (exact) mass is 416 g/mol. The van der Waals surface area contributed by atoms with Crippen molar-refractivity contribution in [2.45, 2.75) is 37.3 Å². The minimum atomic E-state index is -0.180. The lowest BCUT2D eigenvalue weighted by atomic mass is 9.91. The SMILES string of the molecule is O=CN1CCN(C2(c3nnnn3C(c3ccccc3)c3ccccc3)CCCC2)CC1. The first-order chi connectivity index (χ1) is 15.3. The van der Waals surface area contributed by atoms with Gasteiger partial charge in [-0.25, -0.2) is 4.68 Å². The molecule has 1 aromatic heterocycles. The van der Waals surface area contributed by atoms with Crippen molar-refractivity contribution >= 4 is 6.41 Å². The number of nitrogens with zero attached hydrogens (tertiary/aromatic N) is 6. The first-order valence-electron chi connectivity index (χ1n) is 11.1. The number of amides is 1. The Morgan fingerprint density at radius 2 is 1.42 bits per heavy atom. The van der Waals surface area contributed by atoms with E-state index < -0.39 is 0 Å². The van der Waals surface area contributed by atoms with E-state index in [-0.39, 0.29) is 11.6 Å². The molecule has 2 aliphatic rings. The van der Waals surface area contributed by atoms with Gasteiger partial charge in [0, 0.05) is 26.2 Å². The summed E-state index contributed by atoms with van der Waals surface area (Å²) in [6, 6.07) is 20.9. The van der Waals surface area contributed by atoms with Gasteiger partial charge in [0.15, 0.2) is 5.82 Å². The third-order valence-electron chi connectivity index (χ3n) is 6.88. The van der Waals surface area contributed by atoms with Crippen molar-refractivity contribution in [3.05, 3.63) is 77.6 Å². The summed E-state index contributed by atoms with van der Waals surface area (Å²) in [5.74, 6) is 0.947. The highest BCUT2D eigenvalue weighted by Gasteiger charge is 2.47. The zero-order valence-corrected chi connectivity index (χ0v) is 17.7. The van der Waals surface area contributed by atoms with Crippen molar-refractivity contribution in [3.63, 3.8) is 0 Å². The van der Waals surface area contributed by atoms with Gasteiger partial charge in [-0.05, 0) is 34.4 Å². The Morgan fingerprint density at radius 3 is 1.97 bits per heavy atom. The number of tetrazole rings is 1. The molecular weight excluding hydrogens is 388 g/mol. The molecule has 1 amide bonds. The van der Waals surface area contributed by atoms with Crippen molar-refractivity contribution in [1.29, 1.82) is 0 Å². The van der Waals surface area contributed by atoms with Gasteiger partial charge in [-0.15, -0.1) is 5.10 Å². The van der Waals surface area contributed by atoms with E-state index in [2.05, 4.69) is 69.0 Å². The lowest BCUT2D eigenvalue weighted by molar-refractivity contribution is -0.120. The minimum Gasteiger partial charge on any atom is -0.343 e. The number of benzene rings is 2. The molecule has 1 aliphatic heterocycles. The van der Waals surface area contributed by atoms with Crippen molar-refractivity contribution in [3.8, 4) is 0 Å². The van der Waals surface area contributed by atoms with Crippen LogP contribution in [-0.2, 0) is 10.3 Å². The molecule has 1 saturated heterocycles. The number of hydrogen-bond acceptors (Lipinski definition) is 5. The largest absolute Gasteiger partial charge is 0.343 e. The molecule has 0 spiro atoms. The number of aromatic nitrogens is 4. The van der Waals surface area contributed by atoms with Crippen LogP contribution < -0.4 is 0 Å². The van der Waals surface area contributed by atoms with Crippen molar-refractivity contribution in [2.75, 3.05) is 26.2 Å². The van der Waals surface area contributed by atoms with Crippen LogP contribution in [0.15, 0.2) is 60.7 Å². The second kappa shape index (κ2) is 8.59. The van der Waals surface area contributed by atoms with Gasteiger partial charge in [0.05, 0.1) is 5.54 Å². The summed E-state index contributed by atoms with van der Waals surface area (Å²) in [4.78, 5) is 15.6. The fourth-order valence-electron chi connectivity index (χ4n) is 5.32. The standard InChI is InChI=1S/C24H28N6O/c31-19-28-15-17-29(18-16-28)24(13-7-8-14-24)23-25-26-27-30(23)22(20-9-3-1-4-10-20)21-11-5-2-6-12-21/h1-6,9-12,19,22H,7-8,13-18H2. The fourth-order valence-corrected chi connectivity index (χ4v) is 5.32. The van der Waals surface area contributed by atoms with E-state index in [1.165, 1.54) is 24.0 Å². The summed E-state index contributed by atoms with van der Waals surface area (Å²) in [5, 5.41) is 13.4. The van der Waals surface area contributed by atoms with Gasteiger partial charge >= 0.3 is 0 Å². The quantitative estimate of drug-likeness (QED) is 0.578. The van der Waals surface area contributed by atoms with Gasteiger partial charge in [-0.3, -0.25) is 9.69 Å². The normalized spacial score (nSPS) is 19.1. The molecule has 2 fully saturated rings. The lowest BCUT2D eigenvalue weighted by Crippen LogP contribution is -2.55. The number of carbonyl (C=O) groups is 1. The molecule has 5 rings (SSSR count). The Kier molecular flexibility index (Phi) is 5.51. The Bertz CT molecular complexity index is 952. The number of carbonyl (C=O) groups excluding carboxylic acids is 1. The van der Waals surface area contributed by atoms with Crippen LogP contribution in [0.3, 0.4) is 0 Å². The van der Waals surface area contributed by atoms with E-state index in [1.807, 2.05) is 21.7 Å². The number of piperazine rings is 1. The molecule has 160 valence electrons. The van der Waals surface area contributed by atoms with Gasteiger partial charge < -0.3 is 4.90 Å². The Labute approximate surface area is 182 Å². The Hall–Kier alpha value is -3.06. The molecule has 0 unspecified atom stereocenters. The third-order valence-corrected chi connectivity index (χ3v) is 6.88. The van der Waals surface area contributed by atoms with Gasteiger partial charge in [0.25, 0.3) is 0 Å². The van der Waals surface area contributed by atoms with E-state index in [0.29, 0.717) is 0 Å². The molecule has 0 N–H and O–H groups in total. The van der Waals surface area contributed by atoms with E-state index in [4.69, 9.17) is 0 Å². The van der Waals surface area contributed by atoms with Crippen LogP contribution >= 0.6 is 0 Å². The molecule has 7 heteroatoms. The Balaban J connectivity index is 1.58. The van der Waals surface area contributed by atoms with Gasteiger partial charge in [0.2, 0.25) is 6.41 Å². The number of hydrogen-bond donors (Lipinski definition) is 0. The lowest BCUT2D eigenvalue weighted by Gasteiger charge is -2.44. The highest BCUT2D eigenvalue weighted by Crippen LogP contribution is 2.44. The van der Waals surface area contributed by atoms with Gasteiger partial charge in [-0.1, -0.05) is 73.5 Å². The Morgan fingerprint density at radius 1 is 0.839 bits per heavy atom. The second-order valence-electron chi connectivity index (χ2n) is 8.54. The molecular formula is C24H28N6O. The minimum absolute atomic E-state index is 0.0823. The van der Waals surface area contributed by atoms with Gasteiger partial charge in [-0.2, -0.15) is 0 Å². The fraction of sp³-hybridized carbons (Fsp3) is 0.417. The second-order valence-corrected chi connectivity index (χ2v) is 8.54. The van der Waals surface area contributed by atoms with Crippen LogP contribution in [0.2, 0.25) is 0 Å². The number of rotatable bonds is 6. The maximum absolute atomic E-state index is 11.2. The predicted octanol–water partition coefficient (Wildman–Crippen LogP) is 2.85. The summed E-state index contributed by atoms with van der Waals surface area (Å²) in [6.45, 7) is 3.22. The highest BCUT2D eigenvalue weighted by molar-refractivity contribution is 5.47. The molecule has 2 heterocycles. The topological polar surface area (TPSA) is 67.2 Å². The molecule has 2 aromatic carbocycles. The molecule has 0 bridgehead atoms. The van der Waals surface area contributed by atoms with Crippen molar-refractivity contribution < 1.29 is 4.79 Å². The zero-order valence-electron chi connectivity index (χ0n) is 17.7. The molecule has 3 aromatic rings. The van der Waals surface area contributed by atoms with Gasteiger partial charge in [0.1, 0.15) is 6.04 Å². The van der Waals surface area contributed by atoms with E-state index in [9.17, 15) is 4.79 Å². The third kappa shape index (κ3) is 3.63. The van der Waals surface area contributed by atoms with Crippen LogP contribution in [0.1, 0.15) is 48.7 Å². The molecule has 31 heavy (non-hydrogen) atoms. The van der Waals surface area contributed by atoms with E-state index in [1.54, 1.807) is 0 Å². The zero-order chi connectivity index (χ0) is 21.1. The molecule has 7 nitrogen and oxygen atoms in total. The average molecular weight is 417 g/mol. The summed E-state index contributed by atoms with van der Waals surface area (Å²) in [5.41, 5.74) is 2.16. The molecule has 1 aliphatic carbocycles. The smallest absolute Gasteiger partial charge is 0.209 e. The van der Waals surface area contributed by atoms with Crippen LogP contribution in [0.4, 0.5) is 0 Å². The molecule has 1 saturated carbocycles. The van der Waals surface area contributed by atoms with Crippen LogP contribution in [0, 0.1) is 0 Å². The average Bonchev–Trinajstić information content (AvgIpc) is 3.52. The van der Waals surface area contributed by atoms with Crippen molar-refractivity contribution in [1.82, 2.24) is 30.0 Å². The summed E-state index contributed by atoms with van der Waals surface area (Å²) < 4.78 is 2.04. The first kappa shape index (κ1) is 19.9. The maximum Gasteiger partial charge on any atom is 0.209 e. The predicted molar refractivity (Wildman–Crippen MR) is 117 cm³/mol. The summed E-state index contributed by atoms with van der Waals surface area (Å²) in [7, 11) is 0. The van der Waals surface area contributed by atoms with E-state index in [0.717, 1.165) is 51.3 Å². The van der Waals surface area contributed by atoms with Crippen LogP contribution in [0.5, 0.6) is 0 Å². The first-order valence-corrected chi connectivity index (χ1v) is 11.1. The molecule has 0 atom stereocenters. The van der Waals surface area contributed by atoms with Crippen LogP contribution in [0.25, 0.3) is 0 Å². The van der Waals surface area contributed by atoms with Crippen LogP contribution in [-0.4, -0.2) is 62.6 Å². The summed E-state index contributed by atoms with van der Waals surface area (Å²) >= 11 is 0. The summed E-state index contributed by atoms with van der Waals surface area (Å²) in [6.07, 6.45) is 5.39.